The van der Waals surface area contributed by atoms with Crippen molar-refractivity contribution >= 4 is 31.9 Å². The number of hydrogen-bond acceptors (Lipinski definition) is 1. The second-order valence-corrected chi connectivity index (χ2v) is 8.91. The van der Waals surface area contributed by atoms with Gasteiger partial charge in [0.15, 0.2) is 0 Å². The van der Waals surface area contributed by atoms with Crippen molar-refractivity contribution in [3.8, 4) is 5.75 Å². The van der Waals surface area contributed by atoms with Gasteiger partial charge in [-0.05, 0) is 47.8 Å². The molecule has 1 nitrogen and oxygen atoms in total. The Balaban J connectivity index is 2.54. The first-order valence-corrected chi connectivity index (χ1v) is 8.75. The highest BCUT2D eigenvalue weighted by Gasteiger charge is 2.67. The predicted molar refractivity (Wildman–Crippen MR) is 92.9 cm³/mol. The first-order chi connectivity index (χ1) is 9.07. The van der Waals surface area contributed by atoms with Gasteiger partial charge in [0.25, 0.3) is 0 Å². The fraction of sp³-hybridized carbons (Fsp3) is 0.647. The average Bonchev–Trinajstić information content (AvgIpc) is 2.73. The fourth-order valence-corrected chi connectivity index (χ4v) is 6.05. The third-order valence-electron chi connectivity index (χ3n) is 5.61. The van der Waals surface area contributed by atoms with Crippen LogP contribution < -0.4 is 4.74 Å². The Bertz CT molecular complexity index is 532. The lowest BCUT2D eigenvalue weighted by Crippen LogP contribution is -2.06. The second-order valence-electron chi connectivity index (χ2n) is 7.07. The van der Waals surface area contributed by atoms with Crippen molar-refractivity contribution in [1.82, 2.24) is 0 Å². The van der Waals surface area contributed by atoms with Crippen LogP contribution in [0.4, 0.5) is 0 Å². The SMILES string of the molecule is COc1c(C)cc(Br)c(C)c1C(Br)C1C(C)(C)C1(C)C. The van der Waals surface area contributed by atoms with E-state index >= 15 is 0 Å². The van der Waals surface area contributed by atoms with Crippen LogP contribution in [0.1, 0.15) is 49.2 Å². The summed E-state index contributed by atoms with van der Waals surface area (Å²) in [5.41, 5.74) is 4.43. The normalized spacial score (nSPS) is 21.6. The molecule has 1 atom stereocenters. The highest BCUT2D eigenvalue weighted by atomic mass is 79.9. The van der Waals surface area contributed by atoms with Crippen molar-refractivity contribution in [3.63, 3.8) is 0 Å². The quantitative estimate of drug-likeness (QED) is 0.546. The number of rotatable bonds is 3. The maximum atomic E-state index is 5.70. The number of alkyl halides is 1. The second kappa shape index (κ2) is 5.01. The predicted octanol–water partition coefficient (Wildman–Crippen LogP) is 6.19. The maximum Gasteiger partial charge on any atom is 0.126 e. The topological polar surface area (TPSA) is 9.23 Å². The molecule has 1 aromatic carbocycles. The van der Waals surface area contributed by atoms with Gasteiger partial charge in [0.1, 0.15) is 5.75 Å². The van der Waals surface area contributed by atoms with Crippen molar-refractivity contribution in [3.05, 3.63) is 27.2 Å². The van der Waals surface area contributed by atoms with Gasteiger partial charge in [0.2, 0.25) is 0 Å². The molecule has 0 bridgehead atoms. The molecule has 0 spiro atoms. The molecule has 1 saturated carbocycles. The van der Waals surface area contributed by atoms with Gasteiger partial charge >= 0.3 is 0 Å². The highest BCUT2D eigenvalue weighted by Crippen LogP contribution is 2.74. The Labute approximate surface area is 139 Å². The van der Waals surface area contributed by atoms with E-state index in [2.05, 4.69) is 79.5 Å². The van der Waals surface area contributed by atoms with Crippen LogP contribution in [-0.2, 0) is 0 Å². The molecule has 0 heterocycles. The molecule has 3 heteroatoms. The minimum absolute atomic E-state index is 0.318. The van der Waals surface area contributed by atoms with Crippen LogP contribution in [0.3, 0.4) is 0 Å². The summed E-state index contributed by atoms with van der Waals surface area (Å²) in [6.45, 7) is 13.7. The number of benzene rings is 1. The number of hydrogen-bond donors (Lipinski definition) is 0. The lowest BCUT2D eigenvalue weighted by Gasteiger charge is -2.21. The Morgan fingerprint density at radius 2 is 1.65 bits per heavy atom. The van der Waals surface area contributed by atoms with Gasteiger partial charge in [-0.2, -0.15) is 0 Å². The standard InChI is InChI=1S/C17H24Br2O/c1-9-8-11(18)10(2)12(14(9)20-7)13(19)15-16(3,4)17(15,5)6/h8,13,15H,1-7H3. The van der Waals surface area contributed by atoms with Crippen molar-refractivity contribution in [2.75, 3.05) is 7.11 Å². The van der Waals surface area contributed by atoms with Gasteiger partial charge in [-0.25, -0.2) is 0 Å². The van der Waals surface area contributed by atoms with Crippen molar-refractivity contribution in [2.45, 2.75) is 46.4 Å². The van der Waals surface area contributed by atoms with Crippen LogP contribution in [0.15, 0.2) is 10.5 Å². The Morgan fingerprint density at radius 1 is 1.15 bits per heavy atom. The first-order valence-electron chi connectivity index (χ1n) is 7.05. The number of halogens is 2. The molecule has 0 radical (unpaired) electrons. The summed E-state index contributed by atoms with van der Waals surface area (Å²) >= 11 is 7.65. The number of ether oxygens (including phenoxy) is 1. The number of methoxy groups -OCH3 is 1. The third-order valence-corrected chi connectivity index (χ3v) is 7.42. The van der Waals surface area contributed by atoms with E-state index < -0.39 is 0 Å². The summed E-state index contributed by atoms with van der Waals surface area (Å²) in [5.74, 6) is 1.63. The fourth-order valence-electron chi connectivity index (χ4n) is 3.62. The van der Waals surface area contributed by atoms with E-state index in [9.17, 15) is 0 Å². The van der Waals surface area contributed by atoms with Crippen LogP contribution >= 0.6 is 31.9 Å². The summed E-state index contributed by atoms with van der Waals surface area (Å²) in [4.78, 5) is 0.318. The summed E-state index contributed by atoms with van der Waals surface area (Å²) in [6, 6.07) is 2.14. The van der Waals surface area contributed by atoms with E-state index in [1.165, 1.54) is 16.7 Å². The molecule has 1 aliphatic rings. The van der Waals surface area contributed by atoms with Gasteiger partial charge in [0.05, 0.1) is 7.11 Å². The summed E-state index contributed by atoms with van der Waals surface area (Å²) in [6.07, 6.45) is 0. The van der Waals surface area contributed by atoms with Gasteiger partial charge in [-0.3, -0.25) is 0 Å². The molecular weight excluding hydrogens is 380 g/mol. The van der Waals surface area contributed by atoms with Crippen LogP contribution in [0.25, 0.3) is 0 Å². The smallest absolute Gasteiger partial charge is 0.126 e. The molecular formula is C17H24Br2O. The summed E-state index contributed by atoms with van der Waals surface area (Å²) in [5, 5.41) is 0. The van der Waals surface area contributed by atoms with Crippen molar-refractivity contribution in [1.29, 1.82) is 0 Å². The minimum atomic E-state index is 0.318. The minimum Gasteiger partial charge on any atom is -0.496 e. The molecule has 112 valence electrons. The zero-order chi connectivity index (χ0) is 15.5. The Kier molecular flexibility index (Phi) is 4.10. The maximum absolute atomic E-state index is 5.70. The van der Waals surface area contributed by atoms with E-state index in [0.29, 0.717) is 21.6 Å². The first kappa shape index (κ1) is 16.4. The lowest BCUT2D eigenvalue weighted by atomic mass is 9.95. The van der Waals surface area contributed by atoms with Gasteiger partial charge in [-0.15, -0.1) is 0 Å². The van der Waals surface area contributed by atoms with E-state index in [-0.39, 0.29) is 0 Å². The lowest BCUT2D eigenvalue weighted by molar-refractivity contribution is 0.402. The van der Waals surface area contributed by atoms with Crippen LogP contribution in [0, 0.1) is 30.6 Å². The molecule has 1 unspecified atom stereocenters. The molecule has 0 aromatic heterocycles. The van der Waals surface area contributed by atoms with E-state index in [0.717, 1.165) is 10.2 Å². The van der Waals surface area contributed by atoms with Crippen LogP contribution in [0.5, 0.6) is 5.75 Å². The molecule has 0 N–H and O–H groups in total. The third kappa shape index (κ3) is 2.16. The summed E-state index contributed by atoms with van der Waals surface area (Å²) < 4.78 is 6.86. The largest absolute Gasteiger partial charge is 0.496 e. The van der Waals surface area contributed by atoms with Crippen LogP contribution in [0.2, 0.25) is 0 Å². The monoisotopic (exact) mass is 402 g/mol. The molecule has 1 aromatic rings. The van der Waals surface area contributed by atoms with Gasteiger partial charge < -0.3 is 4.74 Å². The van der Waals surface area contributed by atoms with Crippen molar-refractivity contribution in [2.24, 2.45) is 16.7 Å². The molecule has 1 aliphatic carbocycles. The Morgan fingerprint density at radius 3 is 2.05 bits per heavy atom. The van der Waals surface area contributed by atoms with Gasteiger partial charge in [0, 0.05) is 14.9 Å². The van der Waals surface area contributed by atoms with E-state index in [4.69, 9.17) is 4.74 Å². The molecule has 20 heavy (non-hydrogen) atoms. The Hall–Kier alpha value is -0.0200. The zero-order valence-corrected chi connectivity index (χ0v) is 16.6. The molecule has 0 saturated heterocycles. The zero-order valence-electron chi connectivity index (χ0n) is 13.4. The molecule has 0 amide bonds. The molecule has 1 fully saturated rings. The van der Waals surface area contributed by atoms with E-state index in [1.807, 2.05) is 0 Å². The molecule has 2 rings (SSSR count). The van der Waals surface area contributed by atoms with Crippen LogP contribution in [-0.4, -0.2) is 7.11 Å². The van der Waals surface area contributed by atoms with Gasteiger partial charge in [-0.1, -0.05) is 59.6 Å². The molecule has 0 aliphatic heterocycles. The highest BCUT2D eigenvalue weighted by molar-refractivity contribution is 9.10. The van der Waals surface area contributed by atoms with E-state index in [1.54, 1.807) is 7.11 Å². The summed E-state index contributed by atoms with van der Waals surface area (Å²) in [7, 11) is 1.77. The van der Waals surface area contributed by atoms with Crippen molar-refractivity contribution < 1.29 is 4.74 Å². The average molecular weight is 404 g/mol. The number of aryl methyl sites for hydroxylation is 1.